The van der Waals surface area contributed by atoms with Crippen LogP contribution in [0.25, 0.3) is 0 Å². The van der Waals surface area contributed by atoms with E-state index in [0.717, 1.165) is 12.8 Å². The van der Waals surface area contributed by atoms with Gasteiger partial charge >= 0.3 is 0 Å². The standard InChI is InChI=1S/C9H19NO3S/c1-10-9(6-7-11)5-3-4-8(9)14(2,12)13/h8,10-11H,3-7H2,1-2H3. The SMILES string of the molecule is CNC1(CCO)CCCC1S(C)(=O)=O. The molecule has 0 bridgehead atoms. The zero-order valence-corrected chi connectivity index (χ0v) is 9.60. The van der Waals surface area contributed by atoms with Crippen molar-refractivity contribution in [1.82, 2.24) is 5.32 Å². The summed E-state index contributed by atoms with van der Waals surface area (Å²) in [6, 6.07) is 0. The van der Waals surface area contributed by atoms with Crippen LogP contribution in [0.5, 0.6) is 0 Å². The normalized spacial score (nSPS) is 33.5. The van der Waals surface area contributed by atoms with Crippen LogP contribution in [0.3, 0.4) is 0 Å². The number of aliphatic hydroxyl groups is 1. The topological polar surface area (TPSA) is 66.4 Å². The number of rotatable bonds is 4. The van der Waals surface area contributed by atoms with Crippen molar-refractivity contribution in [3.05, 3.63) is 0 Å². The Labute approximate surface area is 85.6 Å². The minimum atomic E-state index is -3.02. The van der Waals surface area contributed by atoms with E-state index in [9.17, 15) is 8.42 Å². The molecule has 0 radical (unpaired) electrons. The van der Waals surface area contributed by atoms with Crippen LogP contribution in [0.2, 0.25) is 0 Å². The van der Waals surface area contributed by atoms with E-state index in [4.69, 9.17) is 5.11 Å². The van der Waals surface area contributed by atoms with Gasteiger partial charge in [0.1, 0.15) is 0 Å². The van der Waals surface area contributed by atoms with Crippen LogP contribution in [-0.4, -0.2) is 44.2 Å². The van der Waals surface area contributed by atoms with Crippen molar-refractivity contribution in [1.29, 1.82) is 0 Å². The van der Waals surface area contributed by atoms with Gasteiger partial charge < -0.3 is 10.4 Å². The van der Waals surface area contributed by atoms with Gasteiger partial charge in [-0.1, -0.05) is 6.42 Å². The number of aliphatic hydroxyl groups excluding tert-OH is 1. The van der Waals surface area contributed by atoms with Gasteiger partial charge in [-0.2, -0.15) is 0 Å². The Bertz CT molecular complexity index is 288. The van der Waals surface area contributed by atoms with Crippen LogP contribution in [0.1, 0.15) is 25.7 Å². The maximum atomic E-state index is 11.6. The number of hydrogen-bond donors (Lipinski definition) is 2. The number of hydrogen-bond acceptors (Lipinski definition) is 4. The Balaban J connectivity index is 2.94. The molecule has 1 aliphatic carbocycles. The molecule has 0 saturated heterocycles. The van der Waals surface area contributed by atoms with Crippen LogP contribution >= 0.6 is 0 Å². The summed E-state index contributed by atoms with van der Waals surface area (Å²) in [6.45, 7) is 0.0346. The van der Waals surface area contributed by atoms with Gasteiger partial charge in [0.15, 0.2) is 9.84 Å². The van der Waals surface area contributed by atoms with Crippen LogP contribution in [0, 0.1) is 0 Å². The van der Waals surface area contributed by atoms with E-state index >= 15 is 0 Å². The molecule has 5 heteroatoms. The molecule has 1 aliphatic rings. The molecule has 0 aromatic carbocycles. The molecule has 0 amide bonds. The van der Waals surface area contributed by atoms with Gasteiger partial charge in [-0.3, -0.25) is 0 Å². The van der Waals surface area contributed by atoms with Gasteiger partial charge in [-0.15, -0.1) is 0 Å². The Morgan fingerprint density at radius 3 is 2.64 bits per heavy atom. The van der Waals surface area contributed by atoms with Gasteiger partial charge in [0.25, 0.3) is 0 Å². The average Bonchev–Trinajstić information content (AvgIpc) is 2.49. The second-order valence-corrected chi connectivity index (χ2v) is 6.32. The summed E-state index contributed by atoms with van der Waals surface area (Å²) < 4.78 is 23.1. The highest BCUT2D eigenvalue weighted by Gasteiger charge is 2.46. The van der Waals surface area contributed by atoms with Crippen LogP contribution in [0.15, 0.2) is 0 Å². The van der Waals surface area contributed by atoms with E-state index < -0.39 is 15.4 Å². The summed E-state index contributed by atoms with van der Waals surface area (Å²) in [5.74, 6) is 0. The Kier molecular flexibility index (Phi) is 3.55. The molecule has 0 heterocycles. The summed E-state index contributed by atoms with van der Waals surface area (Å²) in [4.78, 5) is 0. The summed E-state index contributed by atoms with van der Waals surface area (Å²) in [6.07, 6.45) is 4.26. The fourth-order valence-corrected chi connectivity index (χ4v) is 4.33. The van der Waals surface area contributed by atoms with Gasteiger partial charge in [0.05, 0.1) is 5.25 Å². The van der Waals surface area contributed by atoms with Crippen molar-refractivity contribution >= 4 is 9.84 Å². The van der Waals surface area contributed by atoms with E-state index in [2.05, 4.69) is 5.32 Å². The third-order valence-electron chi connectivity index (χ3n) is 3.28. The Morgan fingerprint density at radius 1 is 1.57 bits per heavy atom. The molecule has 1 saturated carbocycles. The molecule has 0 aliphatic heterocycles. The van der Waals surface area contributed by atoms with E-state index in [0.29, 0.717) is 12.8 Å². The number of nitrogens with one attached hydrogen (secondary N) is 1. The summed E-state index contributed by atoms with van der Waals surface area (Å²) in [5, 5.41) is 11.7. The third-order valence-corrected chi connectivity index (χ3v) is 5.00. The van der Waals surface area contributed by atoms with Crippen LogP contribution in [0.4, 0.5) is 0 Å². The monoisotopic (exact) mass is 221 g/mol. The lowest BCUT2D eigenvalue weighted by molar-refractivity contribution is 0.220. The largest absolute Gasteiger partial charge is 0.396 e. The van der Waals surface area contributed by atoms with Gasteiger partial charge in [-0.05, 0) is 26.3 Å². The molecule has 4 nitrogen and oxygen atoms in total. The maximum absolute atomic E-state index is 11.6. The first-order valence-corrected chi connectivity index (χ1v) is 6.90. The minimum absolute atomic E-state index is 0.0346. The predicted molar refractivity (Wildman–Crippen MR) is 56.0 cm³/mol. The minimum Gasteiger partial charge on any atom is -0.396 e. The van der Waals surface area contributed by atoms with Crippen molar-refractivity contribution in [3.63, 3.8) is 0 Å². The quantitative estimate of drug-likeness (QED) is 0.697. The molecule has 2 N–H and O–H groups in total. The zero-order valence-electron chi connectivity index (χ0n) is 8.78. The summed E-state index contributed by atoms with van der Waals surface area (Å²) >= 11 is 0. The molecule has 0 aromatic rings. The first kappa shape index (κ1) is 11.9. The summed E-state index contributed by atoms with van der Waals surface area (Å²) in [5.41, 5.74) is -0.400. The van der Waals surface area contributed by atoms with Crippen molar-refractivity contribution in [2.45, 2.75) is 36.5 Å². The molecule has 14 heavy (non-hydrogen) atoms. The first-order chi connectivity index (χ1) is 6.46. The lowest BCUT2D eigenvalue weighted by Crippen LogP contribution is -2.52. The molecule has 0 spiro atoms. The third kappa shape index (κ3) is 2.10. The van der Waals surface area contributed by atoms with E-state index in [1.807, 2.05) is 0 Å². The van der Waals surface area contributed by atoms with Crippen molar-refractivity contribution in [3.8, 4) is 0 Å². The fraction of sp³-hybridized carbons (Fsp3) is 1.00. The summed E-state index contributed by atoms with van der Waals surface area (Å²) in [7, 11) is -1.24. The van der Waals surface area contributed by atoms with Crippen LogP contribution in [-0.2, 0) is 9.84 Å². The van der Waals surface area contributed by atoms with Gasteiger partial charge in [0.2, 0.25) is 0 Å². The van der Waals surface area contributed by atoms with Crippen molar-refractivity contribution < 1.29 is 13.5 Å². The molecular weight excluding hydrogens is 202 g/mol. The van der Waals surface area contributed by atoms with E-state index in [1.165, 1.54) is 6.26 Å². The molecule has 2 atom stereocenters. The first-order valence-electron chi connectivity index (χ1n) is 4.95. The van der Waals surface area contributed by atoms with E-state index in [1.54, 1.807) is 7.05 Å². The lowest BCUT2D eigenvalue weighted by Gasteiger charge is -2.33. The second kappa shape index (κ2) is 4.16. The molecular formula is C9H19NO3S. The van der Waals surface area contributed by atoms with Crippen molar-refractivity contribution in [2.24, 2.45) is 0 Å². The van der Waals surface area contributed by atoms with Gasteiger partial charge in [0, 0.05) is 18.4 Å². The lowest BCUT2D eigenvalue weighted by atomic mass is 9.93. The molecule has 2 unspecified atom stereocenters. The second-order valence-electron chi connectivity index (χ2n) is 4.09. The highest BCUT2D eigenvalue weighted by molar-refractivity contribution is 7.91. The van der Waals surface area contributed by atoms with Crippen molar-refractivity contribution in [2.75, 3.05) is 19.9 Å². The van der Waals surface area contributed by atoms with Gasteiger partial charge in [-0.25, -0.2) is 8.42 Å². The molecule has 0 aromatic heterocycles. The average molecular weight is 221 g/mol. The molecule has 1 fully saturated rings. The Hall–Kier alpha value is -0.130. The zero-order chi connectivity index (χ0) is 10.8. The molecule has 84 valence electrons. The maximum Gasteiger partial charge on any atom is 0.152 e. The highest BCUT2D eigenvalue weighted by Crippen LogP contribution is 2.36. The van der Waals surface area contributed by atoms with E-state index in [-0.39, 0.29) is 11.9 Å². The highest BCUT2D eigenvalue weighted by atomic mass is 32.2. The fourth-order valence-electron chi connectivity index (χ4n) is 2.56. The number of sulfone groups is 1. The predicted octanol–water partition coefficient (Wildman–Crippen LogP) is -0.0759. The van der Waals surface area contributed by atoms with Crippen LogP contribution < -0.4 is 5.32 Å². The Morgan fingerprint density at radius 2 is 2.21 bits per heavy atom. The molecule has 1 rings (SSSR count). The smallest absolute Gasteiger partial charge is 0.152 e.